The van der Waals surface area contributed by atoms with E-state index in [0.29, 0.717) is 10.6 Å². The second-order valence-electron chi connectivity index (χ2n) is 2.99. The highest BCUT2D eigenvalue weighted by Crippen LogP contribution is 2.37. The van der Waals surface area contributed by atoms with Gasteiger partial charge in [-0.25, -0.2) is 0 Å². The fraction of sp³-hybridized carbons (Fsp3) is 0.0909. The molecule has 2 aromatic rings. The number of thioether (sulfide) groups is 1. The van der Waals surface area contributed by atoms with Gasteiger partial charge >= 0.3 is 0 Å². The zero-order chi connectivity index (χ0) is 11.5. The van der Waals surface area contributed by atoms with Gasteiger partial charge in [-0.15, -0.1) is 11.8 Å². The molecule has 0 saturated carbocycles. The zero-order valence-electron chi connectivity index (χ0n) is 8.40. The van der Waals surface area contributed by atoms with Gasteiger partial charge < -0.3 is 0 Å². The molecule has 0 radical (unpaired) electrons. The van der Waals surface area contributed by atoms with E-state index >= 15 is 0 Å². The summed E-state index contributed by atoms with van der Waals surface area (Å²) in [6.07, 6.45) is 1.91. The number of aromatic nitrogens is 1. The van der Waals surface area contributed by atoms with Crippen LogP contribution in [-0.2, 0) is 0 Å². The maximum atomic E-state index is 9.13. The van der Waals surface area contributed by atoms with Crippen molar-refractivity contribution in [2.75, 3.05) is 6.26 Å². The zero-order valence-corrected chi connectivity index (χ0v) is 10.8. The summed E-state index contributed by atoms with van der Waals surface area (Å²) in [5, 5.41) is 10.5. The highest BCUT2D eigenvalue weighted by molar-refractivity contribution is 7.98. The Labute approximate surface area is 107 Å². The molecule has 0 spiro atoms. The van der Waals surface area contributed by atoms with Crippen molar-refractivity contribution in [3.8, 4) is 16.5 Å². The van der Waals surface area contributed by atoms with Gasteiger partial charge in [0.1, 0.15) is 16.7 Å². The number of nitrogens with zero attached hydrogens (tertiary/aromatic N) is 2. The van der Waals surface area contributed by atoms with Crippen LogP contribution in [0.15, 0.2) is 29.3 Å². The molecule has 0 bridgehead atoms. The van der Waals surface area contributed by atoms with Gasteiger partial charge in [-0.3, -0.25) is 0 Å². The van der Waals surface area contributed by atoms with Gasteiger partial charge in [-0.2, -0.15) is 9.64 Å². The molecule has 0 aliphatic heterocycles. The average Bonchev–Trinajstić information content (AvgIpc) is 2.72. The lowest BCUT2D eigenvalue weighted by Gasteiger charge is -2.00. The second-order valence-corrected chi connectivity index (χ2v) is 4.96. The molecular weight excluding hydrogens is 260 g/mol. The molecule has 80 valence electrons. The van der Waals surface area contributed by atoms with Crippen LogP contribution in [0.3, 0.4) is 0 Å². The molecule has 1 aromatic heterocycles. The molecule has 0 aliphatic carbocycles. The predicted molar refractivity (Wildman–Crippen MR) is 69.1 cm³/mol. The third kappa shape index (κ3) is 1.94. The normalized spacial score (nSPS) is 10.1. The summed E-state index contributed by atoms with van der Waals surface area (Å²) in [6, 6.07) is 9.68. The molecule has 2 nitrogen and oxygen atoms in total. The number of benzene rings is 1. The lowest BCUT2D eigenvalue weighted by molar-refractivity contribution is 1.26. The monoisotopic (exact) mass is 266 g/mol. The molecule has 5 heteroatoms. The van der Waals surface area contributed by atoms with Gasteiger partial charge in [0.25, 0.3) is 0 Å². The minimum Gasteiger partial charge on any atom is -0.192 e. The van der Waals surface area contributed by atoms with Crippen LogP contribution >= 0.6 is 34.9 Å². The van der Waals surface area contributed by atoms with Crippen molar-refractivity contribution in [1.82, 2.24) is 4.37 Å². The van der Waals surface area contributed by atoms with Gasteiger partial charge in [-0.1, -0.05) is 29.8 Å². The van der Waals surface area contributed by atoms with Crippen LogP contribution in [0.2, 0.25) is 5.02 Å². The van der Waals surface area contributed by atoms with Gasteiger partial charge in [0.05, 0.1) is 4.88 Å². The standard InChI is InChI=1S/C11H7ClN2S2/c1-15-11-8(6-13)10(16-14-11)7-4-2-3-5-9(7)12/h2-5H,1H3. The molecule has 1 aromatic carbocycles. The Morgan fingerprint density at radius 2 is 2.19 bits per heavy atom. The Balaban J connectivity index is 2.62. The molecule has 1 heterocycles. The third-order valence-corrected chi connectivity index (χ3v) is 4.09. The molecule has 0 amide bonds. The lowest BCUT2D eigenvalue weighted by Crippen LogP contribution is -1.80. The van der Waals surface area contributed by atoms with Crippen LogP contribution in [0.1, 0.15) is 5.56 Å². The van der Waals surface area contributed by atoms with E-state index in [1.54, 1.807) is 0 Å². The summed E-state index contributed by atoms with van der Waals surface area (Å²) < 4.78 is 4.25. The Morgan fingerprint density at radius 1 is 1.44 bits per heavy atom. The first-order chi connectivity index (χ1) is 7.77. The van der Waals surface area contributed by atoms with Crippen LogP contribution in [0.25, 0.3) is 10.4 Å². The third-order valence-electron chi connectivity index (χ3n) is 2.08. The Kier molecular flexibility index (Phi) is 3.49. The molecule has 2 rings (SSSR count). The second kappa shape index (κ2) is 4.88. The van der Waals surface area contributed by atoms with Crippen molar-refractivity contribution in [1.29, 1.82) is 5.26 Å². The number of hydrogen-bond donors (Lipinski definition) is 0. The Bertz CT molecular complexity index is 557. The summed E-state index contributed by atoms with van der Waals surface area (Å²) in [4.78, 5) is 0.845. The lowest BCUT2D eigenvalue weighted by atomic mass is 10.1. The van der Waals surface area contributed by atoms with Crippen molar-refractivity contribution >= 4 is 34.9 Å². The minimum absolute atomic E-state index is 0.616. The average molecular weight is 267 g/mol. The van der Waals surface area contributed by atoms with Gasteiger partial charge in [0, 0.05) is 10.6 Å². The number of rotatable bonds is 2. The molecule has 0 atom stereocenters. The van der Waals surface area contributed by atoms with Crippen molar-refractivity contribution in [3.63, 3.8) is 0 Å². The first kappa shape index (κ1) is 11.5. The van der Waals surface area contributed by atoms with Gasteiger partial charge in [0.15, 0.2) is 0 Å². The topological polar surface area (TPSA) is 36.7 Å². The number of hydrogen-bond acceptors (Lipinski definition) is 4. The van der Waals surface area contributed by atoms with E-state index in [-0.39, 0.29) is 0 Å². The van der Waals surface area contributed by atoms with Crippen LogP contribution < -0.4 is 0 Å². The van der Waals surface area contributed by atoms with E-state index < -0.39 is 0 Å². The highest BCUT2D eigenvalue weighted by atomic mass is 35.5. The van der Waals surface area contributed by atoms with Crippen LogP contribution in [0.4, 0.5) is 0 Å². The van der Waals surface area contributed by atoms with Crippen LogP contribution in [0.5, 0.6) is 0 Å². The summed E-state index contributed by atoms with van der Waals surface area (Å²) in [5.41, 5.74) is 1.49. The van der Waals surface area contributed by atoms with Crippen LogP contribution in [-0.4, -0.2) is 10.6 Å². The van der Waals surface area contributed by atoms with E-state index in [1.165, 1.54) is 23.3 Å². The Hall–Kier alpha value is -1.02. The van der Waals surface area contributed by atoms with E-state index in [0.717, 1.165) is 15.5 Å². The van der Waals surface area contributed by atoms with Crippen molar-refractivity contribution in [2.24, 2.45) is 0 Å². The molecular formula is C11H7ClN2S2. The van der Waals surface area contributed by atoms with E-state index in [2.05, 4.69) is 10.4 Å². The van der Waals surface area contributed by atoms with E-state index in [4.69, 9.17) is 16.9 Å². The maximum Gasteiger partial charge on any atom is 0.128 e. The molecule has 0 saturated heterocycles. The molecule has 0 fully saturated rings. The largest absolute Gasteiger partial charge is 0.192 e. The predicted octanol–water partition coefficient (Wildman–Crippen LogP) is 4.06. The van der Waals surface area contributed by atoms with Gasteiger partial charge in [0.2, 0.25) is 0 Å². The quantitative estimate of drug-likeness (QED) is 0.769. The first-order valence-corrected chi connectivity index (χ1v) is 6.84. The molecule has 0 aliphatic rings. The maximum absolute atomic E-state index is 9.13. The first-order valence-electron chi connectivity index (χ1n) is 4.46. The van der Waals surface area contributed by atoms with Crippen molar-refractivity contribution in [3.05, 3.63) is 34.9 Å². The number of halogens is 1. The minimum atomic E-state index is 0.616. The summed E-state index contributed by atoms with van der Waals surface area (Å²) in [5.74, 6) is 0. The van der Waals surface area contributed by atoms with Gasteiger partial charge in [-0.05, 0) is 23.9 Å². The van der Waals surface area contributed by atoms with Crippen LogP contribution in [0, 0.1) is 11.3 Å². The fourth-order valence-corrected chi connectivity index (χ4v) is 3.23. The molecule has 16 heavy (non-hydrogen) atoms. The van der Waals surface area contributed by atoms with Crippen molar-refractivity contribution in [2.45, 2.75) is 5.03 Å². The van der Waals surface area contributed by atoms with E-state index in [1.807, 2.05) is 30.5 Å². The van der Waals surface area contributed by atoms with E-state index in [9.17, 15) is 0 Å². The summed E-state index contributed by atoms with van der Waals surface area (Å²) in [7, 11) is 0. The summed E-state index contributed by atoms with van der Waals surface area (Å²) in [6.45, 7) is 0. The fourth-order valence-electron chi connectivity index (χ4n) is 1.34. The summed E-state index contributed by atoms with van der Waals surface area (Å²) >= 11 is 8.89. The van der Waals surface area contributed by atoms with Crippen molar-refractivity contribution < 1.29 is 0 Å². The highest BCUT2D eigenvalue weighted by Gasteiger charge is 2.16. The SMILES string of the molecule is CSc1nsc(-c2ccccc2Cl)c1C#N. The smallest absolute Gasteiger partial charge is 0.128 e. The molecule has 0 N–H and O–H groups in total. The Morgan fingerprint density at radius 3 is 2.81 bits per heavy atom. The number of nitriles is 1. The molecule has 0 unspecified atom stereocenters.